The summed E-state index contributed by atoms with van der Waals surface area (Å²) in [5.74, 6) is -4.05. The molecule has 2 aromatic rings. The van der Waals surface area contributed by atoms with Crippen LogP contribution in [-0.2, 0) is 30.4 Å². The van der Waals surface area contributed by atoms with Gasteiger partial charge in [-0.3, -0.25) is 18.5 Å². The quantitative estimate of drug-likeness (QED) is 0.155. The lowest BCUT2D eigenvalue weighted by Gasteiger charge is -2.20. The second-order valence-electron chi connectivity index (χ2n) is 7.72. The van der Waals surface area contributed by atoms with Crippen molar-refractivity contribution in [3.63, 3.8) is 0 Å². The number of phenolic OH excluding ortho intramolecular Hbond substituents is 1. The fourth-order valence-electron chi connectivity index (χ4n) is 3.85. The van der Waals surface area contributed by atoms with Crippen LogP contribution >= 0.6 is 23.2 Å². The highest BCUT2D eigenvalue weighted by molar-refractivity contribution is 7.86. The van der Waals surface area contributed by atoms with E-state index in [-0.39, 0.29) is 0 Å². The van der Waals surface area contributed by atoms with Crippen molar-refractivity contribution >= 4 is 70.5 Å². The van der Waals surface area contributed by atoms with Gasteiger partial charge < -0.3 is 14.6 Å². The fourth-order valence-corrected chi connectivity index (χ4v) is 6.56. The van der Waals surface area contributed by atoms with Gasteiger partial charge >= 0.3 is 26.2 Å². The first-order valence-corrected chi connectivity index (χ1v) is 14.8. The Bertz CT molecular complexity index is 2120. The zero-order chi connectivity index (χ0) is 29.4. The Morgan fingerprint density at radius 3 is 1.90 bits per heavy atom. The first-order valence-electron chi connectivity index (χ1n) is 9.69. The van der Waals surface area contributed by atoms with E-state index in [9.17, 15) is 58.7 Å². The molecule has 0 aromatic heterocycles. The Hall–Kier alpha value is -3.29. The van der Waals surface area contributed by atoms with Crippen molar-refractivity contribution in [2.45, 2.75) is 14.7 Å². The van der Waals surface area contributed by atoms with Gasteiger partial charge in [0.15, 0.2) is 26.9 Å². The molecular weight excluding hydrogens is 631 g/mol. The highest BCUT2D eigenvalue weighted by atomic mass is 35.5. The summed E-state index contributed by atoms with van der Waals surface area (Å²) in [7, 11) is -16.3. The standard InChI is InChI=1S/C20H10Cl2O14S3/c21-10-4-8-13(7-2-1-6(20(25)26)3-12(7)37(27,28)29)9-5-11(22)15(24)19(39(33,34)35)17(9)36-16(8)18(14(10)23)38(30,31)32/h1-5,23H,(H,25,26)(H,27,28,29)(H,30,31,32)(H,33,34,35). The third-order valence-corrected chi connectivity index (χ3v) is 8.59. The molecule has 5 N–H and O–H groups in total. The van der Waals surface area contributed by atoms with Crippen LogP contribution in [0.3, 0.4) is 0 Å². The molecule has 0 unspecified atom stereocenters. The number of carboxylic acid groups (broad SMARTS) is 1. The van der Waals surface area contributed by atoms with Gasteiger partial charge in [0.05, 0.1) is 15.6 Å². The molecule has 0 saturated carbocycles. The summed E-state index contributed by atoms with van der Waals surface area (Å²) >= 11 is 11.8. The zero-order valence-corrected chi connectivity index (χ0v) is 22.2. The summed E-state index contributed by atoms with van der Waals surface area (Å²) in [4.78, 5) is 19.9. The zero-order valence-electron chi connectivity index (χ0n) is 18.3. The van der Waals surface area contributed by atoms with E-state index in [1.165, 1.54) is 0 Å². The number of hydrogen-bond acceptors (Lipinski definition) is 10. The number of carbonyl (C=O) groups is 1. The number of fused-ring (bicyclic) bond motifs is 2. The molecule has 4 rings (SSSR count). The number of carboxylic acids is 1. The Morgan fingerprint density at radius 1 is 0.795 bits per heavy atom. The SMILES string of the molecule is O=C(O)c1ccc(-c2c3cc(Cl)c(=O)c(S(=O)(=O)O)c-3oc3c(S(=O)(=O)O)c(O)c(Cl)cc23)c(S(=O)(=O)O)c1. The lowest BCUT2D eigenvalue weighted by atomic mass is 9.93. The van der Waals surface area contributed by atoms with E-state index in [0.29, 0.717) is 6.07 Å². The summed E-state index contributed by atoms with van der Waals surface area (Å²) in [6.07, 6.45) is 0. The van der Waals surface area contributed by atoms with Crippen molar-refractivity contribution in [2.24, 2.45) is 0 Å². The van der Waals surface area contributed by atoms with Gasteiger partial charge in [-0.1, -0.05) is 29.3 Å². The monoisotopic (exact) mass is 640 g/mol. The Balaban J connectivity index is 2.48. The second-order valence-corrected chi connectivity index (χ2v) is 12.6. The van der Waals surface area contributed by atoms with E-state index >= 15 is 0 Å². The van der Waals surface area contributed by atoms with Crippen LogP contribution in [0, 0.1) is 0 Å². The molecule has 0 amide bonds. The maximum absolute atomic E-state index is 12.6. The third-order valence-electron chi connectivity index (χ3n) is 5.34. The second kappa shape index (κ2) is 9.14. The number of rotatable bonds is 5. The van der Waals surface area contributed by atoms with Gasteiger partial charge in [-0.25, -0.2) is 4.79 Å². The first-order chi connectivity index (χ1) is 17.7. The van der Waals surface area contributed by atoms with Gasteiger partial charge in [0, 0.05) is 22.1 Å². The maximum atomic E-state index is 12.6. The predicted molar refractivity (Wildman–Crippen MR) is 133 cm³/mol. The number of halogens is 2. The van der Waals surface area contributed by atoms with Crippen LogP contribution in [-0.4, -0.2) is 55.1 Å². The van der Waals surface area contributed by atoms with Crippen LogP contribution in [0.2, 0.25) is 10.0 Å². The Labute approximate surface area is 227 Å². The minimum Gasteiger partial charge on any atom is -0.505 e. The van der Waals surface area contributed by atoms with Crippen molar-refractivity contribution in [3.8, 4) is 28.2 Å². The summed E-state index contributed by atoms with van der Waals surface area (Å²) in [6, 6.07) is 3.73. The van der Waals surface area contributed by atoms with Gasteiger partial charge in [-0.15, -0.1) is 0 Å². The topological polar surface area (TPSA) is 251 Å². The van der Waals surface area contributed by atoms with Gasteiger partial charge in [-0.2, -0.15) is 25.3 Å². The van der Waals surface area contributed by atoms with Crippen molar-refractivity contribution in [2.75, 3.05) is 0 Å². The molecule has 0 saturated heterocycles. The molecule has 206 valence electrons. The molecule has 2 aromatic carbocycles. The predicted octanol–water partition coefficient (Wildman–Crippen LogP) is 3.02. The lowest BCUT2D eigenvalue weighted by molar-refractivity contribution is 0.0696. The van der Waals surface area contributed by atoms with E-state index in [1.807, 2.05) is 0 Å². The molecule has 0 bridgehead atoms. The molecule has 0 fully saturated rings. The summed E-state index contributed by atoms with van der Waals surface area (Å²) in [6.45, 7) is 0. The molecule has 0 atom stereocenters. The summed E-state index contributed by atoms with van der Waals surface area (Å²) < 4.78 is 108. The smallest absolute Gasteiger partial charge is 0.335 e. The Kier molecular flexibility index (Phi) is 6.73. The highest BCUT2D eigenvalue weighted by Crippen LogP contribution is 2.49. The van der Waals surface area contributed by atoms with Crippen LogP contribution in [0.4, 0.5) is 0 Å². The fraction of sp³-hybridized carbons (Fsp3) is 0. The van der Waals surface area contributed by atoms with E-state index in [1.54, 1.807) is 0 Å². The molecule has 1 aliphatic carbocycles. The van der Waals surface area contributed by atoms with E-state index in [4.69, 9.17) is 27.6 Å². The van der Waals surface area contributed by atoms with Crippen molar-refractivity contribution in [1.82, 2.24) is 0 Å². The van der Waals surface area contributed by atoms with Crippen molar-refractivity contribution < 1.29 is 58.3 Å². The number of aromatic hydroxyl groups is 1. The van der Waals surface area contributed by atoms with Gasteiger partial charge in [0.2, 0.25) is 5.43 Å². The molecule has 0 spiro atoms. The first kappa shape index (κ1) is 28.7. The number of benzene rings is 3. The van der Waals surface area contributed by atoms with Gasteiger partial charge in [0.1, 0.15) is 4.90 Å². The molecule has 2 aliphatic rings. The van der Waals surface area contributed by atoms with Crippen LogP contribution in [0.1, 0.15) is 10.4 Å². The van der Waals surface area contributed by atoms with Gasteiger partial charge in [-0.05, 0) is 24.3 Å². The minimum atomic E-state index is -5.51. The van der Waals surface area contributed by atoms with Crippen molar-refractivity contribution in [3.05, 3.63) is 56.2 Å². The summed E-state index contributed by atoms with van der Waals surface area (Å²) in [5.41, 5.74) is -5.08. The van der Waals surface area contributed by atoms with Crippen LogP contribution < -0.4 is 5.43 Å². The number of hydrogen-bond donors (Lipinski definition) is 5. The number of aromatic carboxylic acids is 1. The maximum Gasteiger partial charge on any atom is 0.335 e. The highest BCUT2D eigenvalue weighted by Gasteiger charge is 2.35. The van der Waals surface area contributed by atoms with Crippen LogP contribution in [0.15, 0.2) is 54.2 Å². The van der Waals surface area contributed by atoms with E-state index in [2.05, 4.69) is 0 Å². The summed E-state index contributed by atoms with van der Waals surface area (Å²) in [5, 5.41) is 17.4. The molecular formula is C20H10Cl2O14S3. The average molecular weight is 641 g/mol. The largest absolute Gasteiger partial charge is 0.505 e. The van der Waals surface area contributed by atoms with Crippen LogP contribution in [0.5, 0.6) is 5.75 Å². The Morgan fingerprint density at radius 2 is 1.38 bits per heavy atom. The molecule has 14 nitrogen and oxygen atoms in total. The van der Waals surface area contributed by atoms with Gasteiger partial charge in [0.25, 0.3) is 10.1 Å². The minimum absolute atomic E-state index is 0.508. The molecule has 19 heteroatoms. The lowest BCUT2D eigenvalue weighted by Crippen LogP contribution is -2.18. The normalized spacial score (nSPS) is 12.7. The van der Waals surface area contributed by atoms with E-state index < -0.39 is 111 Å². The van der Waals surface area contributed by atoms with Crippen LogP contribution in [0.25, 0.3) is 33.4 Å². The molecule has 1 heterocycles. The number of phenols is 1. The molecule has 39 heavy (non-hydrogen) atoms. The third kappa shape index (κ3) is 4.83. The molecule has 1 aliphatic heterocycles. The van der Waals surface area contributed by atoms with E-state index in [0.717, 1.165) is 24.3 Å². The average Bonchev–Trinajstić information content (AvgIpc) is 2.77. The van der Waals surface area contributed by atoms with Crippen molar-refractivity contribution in [1.29, 1.82) is 0 Å². The molecule has 0 radical (unpaired) electrons.